The standard InChI is InChI=1S/C20H21FN4O3/c1-12(26)24-8-6-16-17(11-24)22-18(23-19(16)27)14-5-7-25(10-14)20(28)13-3-2-4-15(21)9-13/h2-4,9,14H,5-8,10-11H2,1H3,(H,22,23,27)/t14-/m1/s1. The molecular weight excluding hydrogens is 363 g/mol. The van der Waals surface area contributed by atoms with Gasteiger partial charge in [0.25, 0.3) is 11.5 Å². The molecule has 4 rings (SSSR count). The molecule has 1 fully saturated rings. The Morgan fingerprint density at radius 3 is 2.82 bits per heavy atom. The summed E-state index contributed by atoms with van der Waals surface area (Å²) < 4.78 is 13.4. The minimum absolute atomic E-state index is 0.0398. The second kappa shape index (κ2) is 7.18. The fourth-order valence-corrected chi connectivity index (χ4v) is 3.89. The van der Waals surface area contributed by atoms with Gasteiger partial charge in [-0.25, -0.2) is 9.37 Å². The SMILES string of the molecule is CC(=O)N1CCc2c(nc([C@@H]3CCN(C(=O)c4cccc(F)c4)C3)[nH]c2=O)C1. The van der Waals surface area contributed by atoms with Crippen LogP contribution >= 0.6 is 0 Å². The predicted molar refractivity (Wildman–Crippen MR) is 99.3 cm³/mol. The zero-order valence-corrected chi connectivity index (χ0v) is 15.6. The monoisotopic (exact) mass is 384 g/mol. The van der Waals surface area contributed by atoms with Gasteiger partial charge in [0.1, 0.15) is 11.6 Å². The molecule has 8 heteroatoms. The summed E-state index contributed by atoms with van der Waals surface area (Å²) in [6, 6.07) is 5.63. The van der Waals surface area contributed by atoms with E-state index in [0.717, 1.165) is 0 Å². The van der Waals surface area contributed by atoms with E-state index in [2.05, 4.69) is 9.97 Å². The molecule has 0 spiro atoms. The van der Waals surface area contributed by atoms with Gasteiger partial charge < -0.3 is 14.8 Å². The Kier molecular flexibility index (Phi) is 4.70. The highest BCUT2D eigenvalue weighted by molar-refractivity contribution is 5.94. The highest BCUT2D eigenvalue weighted by Gasteiger charge is 2.31. The van der Waals surface area contributed by atoms with Crippen LogP contribution in [0.3, 0.4) is 0 Å². The van der Waals surface area contributed by atoms with E-state index in [9.17, 15) is 18.8 Å². The average Bonchev–Trinajstić information content (AvgIpc) is 3.17. The molecule has 1 saturated heterocycles. The molecule has 2 aromatic rings. The average molecular weight is 384 g/mol. The van der Waals surface area contributed by atoms with Crippen molar-refractivity contribution in [2.45, 2.75) is 32.2 Å². The largest absolute Gasteiger partial charge is 0.338 e. The number of rotatable bonds is 2. The third-order valence-corrected chi connectivity index (χ3v) is 5.47. The van der Waals surface area contributed by atoms with Crippen LogP contribution in [0.5, 0.6) is 0 Å². The van der Waals surface area contributed by atoms with Crippen LogP contribution < -0.4 is 5.56 Å². The molecule has 0 saturated carbocycles. The van der Waals surface area contributed by atoms with E-state index >= 15 is 0 Å². The van der Waals surface area contributed by atoms with Crippen molar-refractivity contribution in [3.63, 3.8) is 0 Å². The van der Waals surface area contributed by atoms with Crippen LogP contribution in [-0.2, 0) is 17.8 Å². The second-order valence-electron chi connectivity index (χ2n) is 7.31. The highest BCUT2D eigenvalue weighted by Crippen LogP contribution is 2.26. The summed E-state index contributed by atoms with van der Waals surface area (Å²) >= 11 is 0. The third kappa shape index (κ3) is 3.42. The molecule has 1 aromatic carbocycles. The number of nitrogens with zero attached hydrogens (tertiary/aromatic N) is 3. The molecule has 1 N–H and O–H groups in total. The maximum atomic E-state index is 13.4. The fraction of sp³-hybridized carbons (Fsp3) is 0.400. The number of hydrogen-bond donors (Lipinski definition) is 1. The van der Waals surface area contributed by atoms with Crippen molar-refractivity contribution >= 4 is 11.8 Å². The van der Waals surface area contributed by atoms with Crippen molar-refractivity contribution in [1.82, 2.24) is 19.8 Å². The number of hydrogen-bond acceptors (Lipinski definition) is 4. The quantitative estimate of drug-likeness (QED) is 0.849. The molecule has 1 aromatic heterocycles. The molecule has 0 aliphatic carbocycles. The van der Waals surface area contributed by atoms with E-state index in [-0.39, 0.29) is 23.3 Å². The third-order valence-electron chi connectivity index (χ3n) is 5.47. The lowest BCUT2D eigenvalue weighted by Crippen LogP contribution is -2.38. The summed E-state index contributed by atoms with van der Waals surface area (Å²) in [5, 5.41) is 0. The Balaban J connectivity index is 1.54. The maximum absolute atomic E-state index is 13.4. The topological polar surface area (TPSA) is 86.4 Å². The first-order valence-corrected chi connectivity index (χ1v) is 9.34. The second-order valence-corrected chi connectivity index (χ2v) is 7.31. The number of aromatic amines is 1. The molecular formula is C20H21FN4O3. The first-order valence-electron chi connectivity index (χ1n) is 9.34. The maximum Gasteiger partial charge on any atom is 0.254 e. The zero-order chi connectivity index (χ0) is 19.8. The molecule has 146 valence electrons. The molecule has 7 nitrogen and oxygen atoms in total. The van der Waals surface area contributed by atoms with Gasteiger partial charge >= 0.3 is 0 Å². The van der Waals surface area contributed by atoms with Crippen molar-refractivity contribution in [2.24, 2.45) is 0 Å². The summed E-state index contributed by atoms with van der Waals surface area (Å²) in [4.78, 5) is 47.6. The lowest BCUT2D eigenvalue weighted by molar-refractivity contribution is -0.129. The molecule has 2 aliphatic rings. The van der Waals surface area contributed by atoms with Crippen LogP contribution in [0.25, 0.3) is 0 Å². The number of amides is 2. The van der Waals surface area contributed by atoms with E-state index in [1.165, 1.54) is 25.1 Å². The van der Waals surface area contributed by atoms with Crippen molar-refractivity contribution < 1.29 is 14.0 Å². The number of likely N-dealkylation sites (tertiary alicyclic amines) is 1. The van der Waals surface area contributed by atoms with E-state index < -0.39 is 5.82 Å². The molecule has 28 heavy (non-hydrogen) atoms. The predicted octanol–water partition coefficient (Wildman–Crippen LogP) is 1.44. The van der Waals surface area contributed by atoms with Gasteiger partial charge in [0.05, 0.1) is 12.2 Å². The van der Waals surface area contributed by atoms with Gasteiger partial charge in [0, 0.05) is 43.6 Å². The summed E-state index contributed by atoms with van der Waals surface area (Å²) in [7, 11) is 0. The summed E-state index contributed by atoms with van der Waals surface area (Å²) in [6.45, 7) is 3.28. The van der Waals surface area contributed by atoms with Crippen molar-refractivity contribution in [3.8, 4) is 0 Å². The highest BCUT2D eigenvalue weighted by atomic mass is 19.1. The van der Waals surface area contributed by atoms with Gasteiger partial charge in [-0.2, -0.15) is 0 Å². The van der Waals surface area contributed by atoms with Crippen molar-refractivity contribution in [2.75, 3.05) is 19.6 Å². The van der Waals surface area contributed by atoms with Crippen molar-refractivity contribution in [3.05, 3.63) is 63.1 Å². The Bertz CT molecular complexity index is 1000. The van der Waals surface area contributed by atoms with Crippen LogP contribution in [0, 0.1) is 5.82 Å². The minimum atomic E-state index is -0.447. The molecule has 0 bridgehead atoms. The summed E-state index contributed by atoms with van der Waals surface area (Å²) in [5.41, 5.74) is 1.41. The van der Waals surface area contributed by atoms with Crippen LogP contribution in [0.15, 0.2) is 29.1 Å². The van der Waals surface area contributed by atoms with Crippen LogP contribution in [-0.4, -0.2) is 51.2 Å². The van der Waals surface area contributed by atoms with Crippen LogP contribution in [0.4, 0.5) is 4.39 Å². The molecule has 0 radical (unpaired) electrons. The van der Waals surface area contributed by atoms with E-state index in [0.29, 0.717) is 61.7 Å². The Morgan fingerprint density at radius 2 is 2.07 bits per heavy atom. The molecule has 0 unspecified atom stereocenters. The number of H-pyrrole nitrogens is 1. The fourth-order valence-electron chi connectivity index (χ4n) is 3.89. The van der Waals surface area contributed by atoms with E-state index in [4.69, 9.17) is 0 Å². The minimum Gasteiger partial charge on any atom is -0.338 e. The smallest absolute Gasteiger partial charge is 0.254 e. The first kappa shape index (κ1) is 18.3. The molecule has 2 aliphatic heterocycles. The van der Waals surface area contributed by atoms with Gasteiger partial charge in [-0.15, -0.1) is 0 Å². The van der Waals surface area contributed by atoms with Crippen LogP contribution in [0.1, 0.15) is 46.7 Å². The zero-order valence-electron chi connectivity index (χ0n) is 15.6. The molecule has 3 heterocycles. The Labute approximate surface area is 161 Å². The lowest BCUT2D eigenvalue weighted by atomic mass is 10.0. The van der Waals surface area contributed by atoms with Gasteiger partial charge in [0.2, 0.25) is 5.91 Å². The number of aromatic nitrogens is 2. The van der Waals surface area contributed by atoms with Gasteiger partial charge in [-0.3, -0.25) is 14.4 Å². The number of benzene rings is 1. The number of carbonyl (C=O) groups excluding carboxylic acids is 2. The normalized spacial score (nSPS) is 18.9. The molecule has 2 amide bonds. The van der Waals surface area contributed by atoms with Crippen LogP contribution in [0.2, 0.25) is 0 Å². The van der Waals surface area contributed by atoms with Crippen molar-refractivity contribution in [1.29, 1.82) is 0 Å². The number of fused-ring (bicyclic) bond motifs is 1. The lowest BCUT2D eigenvalue weighted by Gasteiger charge is -2.27. The number of nitrogens with one attached hydrogen (secondary N) is 1. The number of halogens is 1. The van der Waals surface area contributed by atoms with E-state index in [1.807, 2.05) is 0 Å². The van der Waals surface area contributed by atoms with Gasteiger partial charge in [-0.1, -0.05) is 6.07 Å². The van der Waals surface area contributed by atoms with Gasteiger partial charge in [0.15, 0.2) is 0 Å². The Hall–Kier alpha value is -3.03. The number of carbonyl (C=O) groups is 2. The summed E-state index contributed by atoms with van der Waals surface area (Å²) in [5.74, 6) is -0.267. The van der Waals surface area contributed by atoms with E-state index in [1.54, 1.807) is 15.9 Å². The van der Waals surface area contributed by atoms with Gasteiger partial charge in [-0.05, 0) is 31.0 Å². The molecule has 1 atom stereocenters. The first-order chi connectivity index (χ1) is 13.4. The Morgan fingerprint density at radius 1 is 1.25 bits per heavy atom. The summed E-state index contributed by atoms with van der Waals surface area (Å²) in [6.07, 6.45) is 1.16.